The van der Waals surface area contributed by atoms with Crippen molar-refractivity contribution in [1.29, 1.82) is 5.26 Å². The van der Waals surface area contributed by atoms with Crippen molar-refractivity contribution in [3.63, 3.8) is 0 Å². The minimum Gasteiger partial charge on any atom is -0.492 e. The summed E-state index contributed by atoms with van der Waals surface area (Å²) in [4.78, 5) is 26.1. The van der Waals surface area contributed by atoms with Crippen LogP contribution in [-0.2, 0) is 34.8 Å². The summed E-state index contributed by atoms with van der Waals surface area (Å²) in [6.07, 6.45) is 0.421. The summed E-state index contributed by atoms with van der Waals surface area (Å²) in [7, 11) is -2.05. The van der Waals surface area contributed by atoms with Crippen molar-refractivity contribution in [3.8, 4) is 11.8 Å². The summed E-state index contributed by atoms with van der Waals surface area (Å²) in [6, 6.07) is 23.0. The fourth-order valence-corrected chi connectivity index (χ4v) is 7.46. The first-order valence-corrected chi connectivity index (χ1v) is 15.9. The number of carboxylic acids is 1. The SMILES string of the molecule is CCOc1ccc(S(=O)(=O)N2CCc3ccc(C(NC(=O)c4cccc5c4c4ccccc4n5C)C(=O)O)cc3C2)cc1C#N. The first-order valence-electron chi connectivity index (χ1n) is 14.4. The van der Waals surface area contributed by atoms with Crippen LogP contribution in [0.5, 0.6) is 5.75 Å². The number of sulfonamides is 1. The van der Waals surface area contributed by atoms with Crippen molar-refractivity contribution in [2.45, 2.75) is 30.8 Å². The molecule has 1 atom stereocenters. The Morgan fingerprint density at radius 2 is 1.80 bits per heavy atom. The number of benzene rings is 4. The Balaban J connectivity index is 1.29. The van der Waals surface area contributed by atoms with Crippen molar-refractivity contribution in [1.82, 2.24) is 14.2 Å². The summed E-state index contributed by atoms with van der Waals surface area (Å²) in [5, 5.41) is 24.0. The van der Waals surface area contributed by atoms with Crippen molar-refractivity contribution in [2.75, 3.05) is 13.2 Å². The number of carboxylic acid groups (broad SMARTS) is 1. The molecule has 6 rings (SSSR count). The van der Waals surface area contributed by atoms with Crippen LogP contribution in [0.1, 0.15) is 45.6 Å². The van der Waals surface area contributed by atoms with Gasteiger partial charge in [-0.1, -0.05) is 42.5 Å². The van der Waals surface area contributed by atoms with Gasteiger partial charge >= 0.3 is 5.97 Å². The summed E-state index contributed by atoms with van der Waals surface area (Å²) >= 11 is 0. The highest BCUT2D eigenvalue weighted by molar-refractivity contribution is 7.89. The van der Waals surface area contributed by atoms with Crippen molar-refractivity contribution in [3.05, 3.63) is 107 Å². The molecule has 0 radical (unpaired) electrons. The first-order chi connectivity index (χ1) is 21.6. The number of hydrogen-bond donors (Lipinski definition) is 2. The van der Waals surface area contributed by atoms with E-state index in [9.17, 15) is 28.4 Å². The van der Waals surface area contributed by atoms with Crippen molar-refractivity contribution >= 4 is 43.7 Å². The molecule has 1 aliphatic heterocycles. The molecule has 228 valence electrons. The molecule has 2 heterocycles. The zero-order valence-electron chi connectivity index (χ0n) is 24.6. The number of rotatable bonds is 8. The lowest BCUT2D eigenvalue weighted by atomic mass is 9.95. The number of nitriles is 1. The van der Waals surface area contributed by atoms with E-state index in [0.29, 0.717) is 35.5 Å². The Kier molecular flexibility index (Phi) is 7.78. The lowest BCUT2D eigenvalue weighted by molar-refractivity contribution is -0.139. The molecule has 0 saturated carbocycles. The van der Waals surface area contributed by atoms with Crippen LogP contribution in [0.4, 0.5) is 0 Å². The molecular weight excluding hydrogens is 592 g/mol. The monoisotopic (exact) mass is 622 g/mol. The number of carbonyl (C=O) groups excluding carboxylic acids is 1. The minimum absolute atomic E-state index is 0.0101. The summed E-state index contributed by atoms with van der Waals surface area (Å²) < 4.78 is 35.9. The normalized spacial score (nSPS) is 14.1. The van der Waals surface area contributed by atoms with Crippen LogP contribution in [0.3, 0.4) is 0 Å². The smallest absolute Gasteiger partial charge is 0.330 e. The maximum absolute atomic E-state index is 13.6. The fraction of sp³-hybridized carbons (Fsp3) is 0.206. The molecule has 1 unspecified atom stereocenters. The lowest BCUT2D eigenvalue weighted by Gasteiger charge is -2.29. The Morgan fingerprint density at radius 3 is 2.56 bits per heavy atom. The number of nitrogens with one attached hydrogen (secondary N) is 1. The van der Waals surface area contributed by atoms with E-state index in [4.69, 9.17) is 4.74 Å². The van der Waals surface area contributed by atoms with E-state index in [1.54, 1.807) is 37.3 Å². The van der Waals surface area contributed by atoms with Gasteiger partial charge in [0.2, 0.25) is 10.0 Å². The zero-order valence-corrected chi connectivity index (χ0v) is 25.5. The minimum atomic E-state index is -3.97. The average Bonchev–Trinajstić information content (AvgIpc) is 3.34. The number of nitrogens with zero attached hydrogens (tertiary/aromatic N) is 3. The van der Waals surface area contributed by atoms with Crippen LogP contribution in [0, 0.1) is 11.3 Å². The van der Waals surface area contributed by atoms with E-state index in [1.165, 1.54) is 22.5 Å². The van der Waals surface area contributed by atoms with Crippen molar-refractivity contribution in [2.24, 2.45) is 7.05 Å². The predicted molar refractivity (Wildman–Crippen MR) is 168 cm³/mol. The highest BCUT2D eigenvalue weighted by atomic mass is 32.2. The third kappa shape index (κ3) is 5.28. The number of fused-ring (bicyclic) bond motifs is 4. The molecule has 1 amide bonds. The molecule has 4 aromatic carbocycles. The Hall–Kier alpha value is -5.18. The molecule has 11 heteroatoms. The molecule has 0 spiro atoms. The predicted octanol–water partition coefficient (Wildman–Crippen LogP) is 4.90. The molecule has 45 heavy (non-hydrogen) atoms. The van der Waals surface area contributed by atoms with Gasteiger partial charge in [0.05, 0.1) is 17.1 Å². The number of amides is 1. The van der Waals surface area contributed by atoms with Gasteiger partial charge in [-0.3, -0.25) is 4.79 Å². The second-order valence-corrected chi connectivity index (χ2v) is 12.8. The van der Waals surface area contributed by atoms with E-state index < -0.39 is 27.9 Å². The van der Waals surface area contributed by atoms with E-state index in [-0.39, 0.29) is 23.5 Å². The van der Waals surface area contributed by atoms with E-state index in [2.05, 4.69) is 5.32 Å². The molecule has 0 bridgehead atoms. The lowest BCUT2D eigenvalue weighted by Crippen LogP contribution is -2.37. The number of aromatic nitrogens is 1. The number of aliphatic carboxylic acids is 1. The number of ether oxygens (including phenoxy) is 1. The second kappa shape index (κ2) is 11.7. The maximum atomic E-state index is 13.6. The molecular formula is C34H30N4O6S. The van der Waals surface area contributed by atoms with Gasteiger partial charge in [0.1, 0.15) is 11.8 Å². The molecule has 5 aromatic rings. The standard InChI is InChI=1S/C34H30N4O6S/c1-3-44-30-14-13-25(18-23(30)19-35)45(42,43)38-16-15-21-11-12-22(17-24(21)20-38)32(34(40)41)36-33(39)27-8-6-10-29-31(27)26-7-4-5-9-28(26)37(29)2/h4-14,17-18,32H,3,15-16,20H2,1-2H3,(H,36,39)(H,40,41). The maximum Gasteiger partial charge on any atom is 0.330 e. The van der Waals surface area contributed by atoms with E-state index in [1.807, 2.05) is 48.0 Å². The van der Waals surface area contributed by atoms with Crippen LogP contribution in [-0.4, -0.2) is 47.4 Å². The van der Waals surface area contributed by atoms with Crippen LogP contribution in [0.15, 0.2) is 83.8 Å². The highest BCUT2D eigenvalue weighted by Gasteiger charge is 2.31. The number of hydrogen-bond acceptors (Lipinski definition) is 6. The van der Waals surface area contributed by atoms with Gasteiger partial charge in [0, 0.05) is 47.5 Å². The van der Waals surface area contributed by atoms with Gasteiger partial charge < -0.3 is 19.7 Å². The summed E-state index contributed by atoms with van der Waals surface area (Å²) in [5.74, 6) is -1.46. The molecule has 0 aliphatic carbocycles. The van der Waals surface area contributed by atoms with E-state index in [0.717, 1.165) is 27.4 Å². The third-order valence-electron chi connectivity index (χ3n) is 8.26. The van der Waals surface area contributed by atoms with Crippen LogP contribution >= 0.6 is 0 Å². The highest BCUT2D eigenvalue weighted by Crippen LogP contribution is 2.32. The van der Waals surface area contributed by atoms with Gasteiger partial charge in [0.25, 0.3) is 5.91 Å². The van der Waals surface area contributed by atoms with E-state index >= 15 is 0 Å². The quantitative estimate of drug-likeness (QED) is 0.251. The van der Waals surface area contributed by atoms with Gasteiger partial charge in [0.15, 0.2) is 6.04 Å². The topological polar surface area (TPSA) is 142 Å². The Labute approximate surface area is 260 Å². The molecule has 0 fully saturated rings. The van der Waals surface area contributed by atoms with Gasteiger partial charge in [-0.2, -0.15) is 9.57 Å². The fourth-order valence-electron chi connectivity index (χ4n) is 6.02. The number of carbonyl (C=O) groups is 2. The second-order valence-electron chi connectivity index (χ2n) is 10.8. The molecule has 10 nitrogen and oxygen atoms in total. The molecule has 0 saturated heterocycles. The molecule has 1 aliphatic rings. The van der Waals surface area contributed by atoms with Gasteiger partial charge in [-0.25, -0.2) is 13.2 Å². The van der Waals surface area contributed by atoms with Gasteiger partial charge in [-0.05, 0) is 66.4 Å². The Bertz CT molecular complexity index is 2150. The first kappa shape index (κ1) is 29.9. The van der Waals surface area contributed by atoms with Gasteiger partial charge in [-0.15, -0.1) is 0 Å². The largest absolute Gasteiger partial charge is 0.492 e. The Morgan fingerprint density at radius 1 is 1.02 bits per heavy atom. The van der Waals surface area contributed by atoms with Crippen LogP contribution in [0.2, 0.25) is 0 Å². The van der Waals surface area contributed by atoms with Crippen LogP contribution < -0.4 is 10.1 Å². The number of aryl methyl sites for hydroxylation is 1. The van der Waals surface area contributed by atoms with Crippen LogP contribution in [0.25, 0.3) is 21.8 Å². The summed E-state index contributed by atoms with van der Waals surface area (Å²) in [5.41, 5.74) is 4.14. The summed E-state index contributed by atoms with van der Waals surface area (Å²) in [6.45, 7) is 2.34. The molecule has 2 N–H and O–H groups in total. The number of para-hydroxylation sites is 1. The van der Waals surface area contributed by atoms with Crippen molar-refractivity contribution < 1.29 is 27.9 Å². The molecule has 1 aromatic heterocycles. The third-order valence-corrected chi connectivity index (χ3v) is 10.1. The average molecular weight is 623 g/mol. The zero-order chi connectivity index (χ0) is 31.9.